The van der Waals surface area contributed by atoms with Gasteiger partial charge in [0.1, 0.15) is 5.82 Å². The van der Waals surface area contributed by atoms with E-state index in [4.69, 9.17) is 4.99 Å². The van der Waals surface area contributed by atoms with Crippen molar-refractivity contribution < 1.29 is 0 Å². The maximum Gasteiger partial charge on any atom is 0.191 e. The number of rotatable bonds is 8. The molecule has 1 fully saturated rings. The Morgan fingerprint density at radius 1 is 1.23 bits per heavy atom. The molecule has 1 aliphatic carbocycles. The summed E-state index contributed by atoms with van der Waals surface area (Å²) in [6.45, 7) is 4.67. The van der Waals surface area contributed by atoms with Gasteiger partial charge in [-0.3, -0.25) is 9.39 Å². The SMILES string of the molecule is CCNC(=NCCCC1CCCC1)NCCc1nnc2ccccn12.I. The molecule has 0 radical (unpaired) electrons. The molecular weight excluding hydrogens is 439 g/mol. The van der Waals surface area contributed by atoms with E-state index >= 15 is 0 Å². The average Bonchev–Trinajstić information content (AvgIpc) is 3.29. The summed E-state index contributed by atoms with van der Waals surface area (Å²) in [5.74, 6) is 2.83. The number of nitrogens with zero attached hydrogens (tertiary/aromatic N) is 4. The van der Waals surface area contributed by atoms with Crippen LogP contribution < -0.4 is 10.6 Å². The van der Waals surface area contributed by atoms with Gasteiger partial charge in [-0.2, -0.15) is 0 Å². The zero-order valence-electron chi connectivity index (χ0n) is 15.7. The van der Waals surface area contributed by atoms with Gasteiger partial charge >= 0.3 is 0 Å². The highest BCUT2D eigenvalue weighted by atomic mass is 127. The molecule has 2 heterocycles. The second kappa shape index (κ2) is 11.4. The summed E-state index contributed by atoms with van der Waals surface area (Å²) in [6, 6.07) is 5.95. The zero-order valence-corrected chi connectivity index (χ0v) is 18.0. The van der Waals surface area contributed by atoms with E-state index in [0.29, 0.717) is 0 Å². The van der Waals surface area contributed by atoms with Crippen molar-refractivity contribution in [1.29, 1.82) is 0 Å². The van der Waals surface area contributed by atoms with Gasteiger partial charge in [-0.15, -0.1) is 34.2 Å². The molecule has 144 valence electrons. The molecule has 1 aliphatic rings. The number of guanidine groups is 1. The van der Waals surface area contributed by atoms with E-state index < -0.39 is 0 Å². The van der Waals surface area contributed by atoms with Crippen molar-refractivity contribution in [3.05, 3.63) is 30.2 Å². The molecule has 1 saturated carbocycles. The fourth-order valence-corrected chi connectivity index (χ4v) is 3.57. The molecule has 2 aromatic rings. The van der Waals surface area contributed by atoms with Gasteiger partial charge in [-0.05, 0) is 37.8 Å². The van der Waals surface area contributed by atoms with E-state index in [1.54, 1.807) is 0 Å². The molecule has 0 unspecified atom stereocenters. The van der Waals surface area contributed by atoms with Gasteiger partial charge in [0, 0.05) is 32.3 Å². The van der Waals surface area contributed by atoms with E-state index in [9.17, 15) is 0 Å². The van der Waals surface area contributed by atoms with Crippen LogP contribution in [0.25, 0.3) is 5.65 Å². The number of aromatic nitrogens is 3. The van der Waals surface area contributed by atoms with Crippen LogP contribution in [0.1, 0.15) is 51.3 Å². The third-order valence-electron chi connectivity index (χ3n) is 4.88. The maximum atomic E-state index is 4.71. The number of aliphatic imine (C=N–C) groups is 1. The summed E-state index contributed by atoms with van der Waals surface area (Å²) in [5.41, 5.74) is 0.894. The Kier molecular flexibility index (Phi) is 9.14. The molecule has 0 atom stereocenters. The Labute approximate surface area is 173 Å². The fraction of sp³-hybridized carbons (Fsp3) is 0.632. The number of hydrogen-bond acceptors (Lipinski definition) is 3. The third-order valence-corrected chi connectivity index (χ3v) is 4.88. The van der Waals surface area contributed by atoms with Crippen LogP contribution in [-0.2, 0) is 6.42 Å². The van der Waals surface area contributed by atoms with E-state index in [1.165, 1.54) is 38.5 Å². The lowest BCUT2D eigenvalue weighted by Gasteiger charge is -2.11. The Morgan fingerprint density at radius 2 is 2.08 bits per heavy atom. The lowest BCUT2D eigenvalue weighted by atomic mass is 10.0. The Hall–Kier alpha value is -1.38. The van der Waals surface area contributed by atoms with Gasteiger partial charge in [-0.25, -0.2) is 0 Å². The highest BCUT2D eigenvalue weighted by Crippen LogP contribution is 2.28. The van der Waals surface area contributed by atoms with Gasteiger partial charge in [0.2, 0.25) is 0 Å². The van der Waals surface area contributed by atoms with Crippen molar-refractivity contribution in [2.75, 3.05) is 19.6 Å². The van der Waals surface area contributed by atoms with Gasteiger partial charge in [-0.1, -0.05) is 31.7 Å². The van der Waals surface area contributed by atoms with Crippen molar-refractivity contribution in [2.24, 2.45) is 10.9 Å². The largest absolute Gasteiger partial charge is 0.357 e. The van der Waals surface area contributed by atoms with Crippen LogP contribution in [0.4, 0.5) is 0 Å². The Balaban J connectivity index is 0.00000243. The number of pyridine rings is 1. The van der Waals surface area contributed by atoms with E-state index in [-0.39, 0.29) is 24.0 Å². The summed E-state index contributed by atoms with van der Waals surface area (Å²) in [5, 5.41) is 15.2. The van der Waals surface area contributed by atoms with Crippen LogP contribution in [0.3, 0.4) is 0 Å². The summed E-state index contributed by atoms with van der Waals surface area (Å²) >= 11 is 0. The fourth-order valence-electron chi connectivity index (χ4n) is 3.57. The predicted octanol–water partition coefficient (Wildman–Crippen LogP) is 3.42. The number of fused-ring (bicyclic) bond motifs is 1. The lowest BCUT2D eigenvalue weighted by molar-refractivity contribution is 0.487. The second-order valence-corrected chi connectivity index (χ2v) is 6.78. The average molecular weight is 470 g/mol. The molecule has 26 heavy (non-hydrogen) atoms. The minimum Gasteiger partial charge on any atom is -0.357 e. The van der Waals surface area contributed by atoms with Crippen molar-refractivity contribution >= 4 is 35.6 Å². The molecule has 2 aromatic heterocycles. The first-order chi connectivity index (χ1) is 12.4. The van der Waals surface area contributed by atoms with Crippen LogP contribution in [0.15, 0.2) is 29.4 Å². The predicted molar refractivity (Wildman–Crippen MR) is 117 cm³/mol. The smallest absolute Gasteiger partial charge is 0.191 e. The summed E-state index contributed by atoms with van der Waals surface area (Å²) in [6.07, 6.45) is 11.0. The topological polar surface area (TPSA) is 66.6 Å². The molecule has 7 heteroatoms. The standard InChI is InChI=1S/C19H30N6.HI/c1-2-20-19(21-13-7-10-16-8-3-4-9-16)22-14-12-18-24-23-17-11-5-6-15-25(17)18;/h5-6,11,15-16H,2-4,7-10,12-14H2,1H3,(H2,20,21,22);1H. The minimum absolute atomic E-state index is 0. The number of halogens is 1. The molecule has 0 bridgehead atoms. The van der Waals surface area contributed by atoms with Gasteiger partial charge in [0.25, 0.3) is 0 Å². The van der Waals surface area contributed by atoms with Crippen LogP contribution in [0.2, 0.25) is 0 Å². The summed E-state index contributed by atoms with van der Waals surface area (Å²) in [4.78, 5) is 4.71. The summed E-state index contributed by atoms with van der Waals surface area (Å²) in [7, 11) is 0. The maximum absolute atomic E-state index is 4.71. The third kappa shape index (κ3) is 6.10. The first-order valence-electron chi connectivity index (χ1n) is 9.67. The minimum atomic E-state index is 0. The highest BCUT2D eigenvalue weighted by molar-refractivity contribution is 14.0. The van der Waals surface area contributed by atoms with Gasteiger partial charge in [0.05, 0.1) is 0 Å². The lowest BCUT2D eigenvalue weighted by Crippen LogP contribution is -2.38. The van der Waals surface area contributed by atoms with Gasteiger partial charge < -0.3 is 10.6 Å². The molecule has 0 saturated heterocycles. The first kappa shape index (κ1) is 20.9. The molecule has 0 amide bonds. The number of nitrogens with one attached hydrogen (secondary N) is 2. The monoisotopic (exact) mass is 470 g/mol. The molecule has 3 rings (SSSR count). The van der Waals surface area contributed by atoms with E-state index in [1.807, 2.05) is 28.8 Å². The zero-order chi connectivity index (χ0) is 17.3. The van der Waals surface area contributed by atoms with Crippen LogP contribution in [0.5, 0.6) is 0 Å². The van der Waals surface area contributed by atoms with Crippen molar-refractivity contribution in [3.8, 4) is 0 Å². The van der Waals surface area contributed by atoms with Gasteiger partial charge in [0.15, 0.2) is 11.6 Å². The molecular formula is C19H31IN6. The Morgan fingerprint density at radius 3 is 2.88 bits per heavy atom. The molecule has 0 aliphatic heterocycles. The molecule has 2 N–H and O–H groups in total. The van der Waals surface area contributed by atoms with Crippen molar-refractivity contribution in [2.45, 2.75) is 51.9 Å². The first-order valence-corrected chi connectivity index (χ1v) is 9.67. The Bertz CT molecular complexity index is 677. The highest BCUT2D eigenvalue weighted by Gasteiger charge is 2.13. The van der Waals surface area contributed by atoms with Crippen molar-refractivity contribution in [3.63, 3.8) is 0 Å². The normalized spacial score (nSPS) is 15.2. The quantitative estimate of drug-likeness (QED) is 0.269. The van der Waals surface area contributed by atoms with Crippen LogP contribution in [-0.4, -0.2) is 40.2 Å². The summed E-state index contributed by atoms with van der Waals surface area (Å²) < 4.78 is 2.04. The molecule has 6 nitrogen and oxygen atoms in total. The van der Waals surface area contributed by atoms with Crippen molar-refractivity contribution in [1.82, 2.24) is 25.2 Å². The van der Waals surface area contributed by atoms with E-state index in [2.05, 4.69) is 27.8 Å². The number of hydrogen-bond donors (Lipinski definition) is 2. The van der Waals surface area contributed by atoms with E-state index in [0.717, 1.165) is 49.4 Å². The molecule has 0 spiro atoms. The second-order valence-electron chi connectivity index (χ2n) is 6.78. The van der Waals surface area contributed by atoms with Crippen LogP contribution in [0, 0.1) is 5.92 Å². The van der Waals surface area contributed by atoms with Crippen LogP contribution >= 0.6 is 24.0 Å². The molecule has 0 aromatic carbocycles.